The highest BCUT2D eigenvalue weighted by atomic mass is 32.2. The zero-order valence-corrected chi connectivity index (χ0v) is 17.2. The molecule has 0 aliphatic heterocycles. The van der Waals surface area contributed by atoms with Crippen molar-refractivity contribution in [2.75, 3.05) is 0 Å². The van der Waals surface area contributed by atoms with Crippen LogP contribution >= 0.6 is 0 Å². The van der Waals surface area contributed by atoms with E-state index in [-0.39, 0.29) is 17.1 Å². The van der Waals surface area contributed by atoms with Crippen molar-refractivity contribution < 1.29 is 26.7 Å². The second-order valence-electron chi connectivity index (χ2n) is 6.85. The fourth-order valence-corrected chi connectivity index (χ4v) is 3.61. The lowest BCUT2D eigenvalue weighted by molar-refractivity contribution is 0.0467. The van der Waals surface area contributed by atoms with Crippen molar-refractivity contribution in [1.29, 1.82) is 0 Å². The number of esters is 1. The molecule has 0 radical (unpaired) electrons. The third-order valence-corrected chi connectivity index (χ3v) is 5.71. The van der Waals surface area contributed by atoms with Gasteiger partial charge in [0.05, 0.1) is 10.5 Å². The molecule has 0 saturated carbocycles. The Morgan fingerprint density at radius 1 is 1.10 bits per heavy atom. The molecular formula is C21H20F2N2O4S. The molecule has 0 spiro atoms. The number of benzene rings is 2. The van der Waals surface area contributed by atoms with Crippen molar-refractivity contribution in [3.8, 4) is 0 Å². The number of aryl methyl sites for hydroxylation is 1. The summed E-state index contributed by atoms with van der Waals surface area (Å²) < 4.78 is 56.8. The minimum absolute atomic E-state index is 0.0149. The van der Waals surface area contributed by atoms with Gasteiger partial charge >= 0.3 is 5.97 Å². The molecule has 1 heterocycles. The molecule has 3 aromatic rings. The second kappa shape index (κ2) is 8.37. The minimum atomic E-state index is -3.77. The molecule has 0 unspecified atom stereocenters. The number of ether oxygens (including phenoxy) is 1. The van der Waals surface area contributed by atoms with E-state index in [0.29, 0.717) is 17.8 Å². The van der Waals surface area contributed by atoms with Gasteiger partial charge in [0.2, 0.25) is 10.0 Å². The van der Waals surface area contributed by atoms with Crippen LogP contribution in [-0.4, -0.2) is 19.0 Å². The lowest BCUT2D eigenvalue weighted by atomic mass is 10.2. The number of carbonyl (C=O) groups is 1. The molecule has 158 valence electrons. The zero-order chi connectivity index (χ0) is 22.1. The number of rotatable bonds is 6. The van der Waals surface area contributed by atoms with Crippen LogP contribution in [0.2, 0.25) is 0 Å². The SMILES string of the molecule is Cc1cc(C(=O)OCc2cccc(F)c2F)c(C)n1Cc1ccc(S(N)(=O)=O)cc1. The second-order valence-corrected chi connectivity index (χ2v) is 8.41. The van der Waals surface area contributed by atoms with Gasteiger partial charge in [-0.1, -0.05) is 24.3 Å². The van der Waals surface area contributed by atoms with E-state index in [2.05, 4.69) is 0 Å². The molecule has 0 atom stereocenters. The molecule has 1 aromatic heterocycles. The first kappa shape index (κ1) is 21.7. The zero-order valence-electron chi connectivity index (χ0n) is 16.4. The van der Waals surface area contributed by atoms with Crippen molar-refractivity contribution >= 4 is 16.0 Å². The number of nitrogens with zero attached hydrogens (tertiary/aromatic N) is 1. The minimum Gasteiger partial charge on any atom is -0.457 e. The molecule has 30 heavy (non-hydrogen) atoms. The van der Waals surface area contributed by atoms with E-state index in [1.165, 1.54) is 24.3 Å². The predicted molar refractivity (Wildman–Crippen MR) is 106 cm³/mol. The third-order valence-electron chi connectivity index (χ3n) is 4.78. The van der Waals surface area contributed by atoms with Crippen molar-refractivity contribution in [2.45, 2.75) is 31.9 Å². The number of aromatic nitrogens is 1. The van der Waals surface area contributed by atoms with Crippen molar-refractivity contribution in [3.63, 3.8) is 0 Å². The molecule has 0 amide bonds. The lowest BCUT2D eigenvalue weighted by Gasteiger charge is -2.11. The molecule has 3 rings (SSSR count). The van der Waals surface area contributed by atoms with Crippen LogP contribution in [0, 0.1) is 25.5 Å². The number of carbonyl (C=O) groups excluding carboxylic acids is 1. The van der Waals surface area contributed by atoms with Crippen LogP contribution in [0.25, 0.3) is 0 Å². The fraction of sp³-hybridized carbons (Fsp3) is 0.190. The van der Waals surface area contributed by atoms with Crippen LogP contribution in [0.3, 0.4) is 0 Å². The van der Waals surface area contributed by atoms with E-state index in [1.54, 1.807) is 25.1 Å². The van der Waals surface area contributed by atoms with Gasteiger partial charge in [0.15, 0.2) is 11.6 Å². The highest BCUT2D eigenvalue weighted by molar-refractivity contribution is 7.89. The Morgan fingerprint density at radius 2 is 1.77 bits per heavy atom. The average Bonchev–Trinajstić information content (AvgIpc) is 2.97. The Kier molecular flexibility index (Phi) is 6.04. The van der Waals surface area contributed by atoms with Crippen LogP contribution in [0.5, 0.6) is 0 Å². The molecule has 6 nitrogen and oxygen atoms in total. The molecular weight excluding hydrogens is 414 g/mol. The van der Waals surface area contributed by atoms with Crippen LogP contribution in [0.1, 0.15) is 32.9 Å². The van der Waals surface area contributed by atoms with E-state index >= 15 is 0 Å². The first-order valence-corrected chi connectivity index (χ1v) is 10.5. The lowest BCUT2D eigenvalue weighted by Crippen LogP contribution is -2.12. The number of halogens is 2. The van der Waals surface area contributed by atoms with Gasteiger partial charge in [-0.3, -0.25) is 0 Å². The summed E-state index contributed by atoms with van der Waals surface area (Å²) in [6, 6.07) is 11.5. The largest absolute Gasteiger partial charge is 0.457 e. The summed E-state index contributed by atoms with van der Waals surface area (Å²) in [4.78, 5) is 12.5. The summed E-state index contributed by atoms with van der Waals surface area (Å²) in [7, 11) is -3.77. The smallest absolute Gasteiger partial charge is 0.340 e. The average molecular weight is 434 g/mol. The fourth-order valence-electron chi connectivity index (χ4n) is 3.10. The number of hydrogen-bond acceptors (Lipinski definition) is 4. The standard InChI is InChI=1S/C21H20F2N2O4S/c1-13-10-18(21(26)29-12-16-4-3-5-19(22)20(16)23)14(2)25(13)11-15-6-8-17(9-7-15)30(24,27)28/h3-10H,11-12H2,1-2H3,(H2,24,27,28). The van der Waals surface area contributed by atoms with Crippen molar-refractivity contribution in [2.24, 2.45) is 5.14 Å². The topological polar surface area (TPSA) is 91.4 Å². The maximum atomic E-state index is 13.7. The molecule has 0 fully saturated rings. The Labute approximate surface area is 172 Å². The summed E-state index contributed by atoms with van der Waals surface area (Å²) in [6.45, 7) is 3.56. The van der Waals surface area contributed by atoms with E-state index < -0.39 is 27.6 Å². The van der Waals surface area contributed by atoms with Crippen molar-refractivity contribution in [1.82, 2.24) is 4.57 Å². The van der Waals surface area contributed by atoms with Gasteiger partial charge in [-0.2, -0.15) is 0 Å². The van der Waals surface area contributed by atoms with Gasteiger partial charge in [0.1, 0.15) is 6.61 Å². The van der Waals surface area contributed by atoms with Crippen molar-refractivity contribution in [3.05, 3.63) is 88.2 Å². The number of nitrogens with two attached hydrogens (primary N) is 1. The molecule has 0 bridgehead atoms. The molecule has 0 aliphatic rings. The van der Waals surface area contributed by atoms with E-state index in [0.717, 1.165) is 17.3 Å². The van der Waals surface area contributed by atoms with Crippen LogP contribution in [-0.2, 0) is 27.9 Å². The number of primary sulfonamides is 1. The molecule has 2 aromatic carbocycles. The maximum Gasteiger partial charge on any atom is 0.340 e. The van der Waals surface area contributed by atoms with Crippen LogP contribution < -0.4 is 5.14 Å². The maximum absolute atomic E-state index is 13.7. The number of sulfonamides is 1. The molecule has 9 heteroatoms. The highest BCUT2D eigenvalue weighted by Gasteiger charge is 2.18. The quantitative estimate of drug-likeness (QED) is 0.602. The Bertz CT molecular complexity index is 1200. The normalized spacial score (nSPS) is 11.5. The monoisotopic (exact) mass is 434 g/mol. The van der Waals surface area contributed by atoms with E-state index in [4.69, 9.17) is 9.88 Å². The first-order chi connectivity index (χ1) is 14.1. The number of hydrogen-bond donors (Lipinski definition) is 1. The molecule has 2 N–H and O–H groups in total. The third kappa shape index (κ3) is 4.58. The Hall–Kier alpha value is -3.04. The van der Waals surface area contributed by atoms with Gasteiger partial charge in [-0.25, -0.2) is 27.1 Å². The van der Waals surface area contributed by atoms with Gasteiger partial charge in [0, 0.05) is 23.5 Å². The van der Waals surface area contributed by atoms with Crippen LogP contribution in [0.15, 0.2) is 53.4 Å². The van der Waals surface area contributed by atoms with E-state index in [1.807, 2.05) is 11.5 Å². The molecule has 0 aliphatic carbocycles. The first-order valence-electron chi connectivity index (χ1n) is 8.96. The van der Waals surface area contributed by atoms with Gasteiger partial charge in [-0.15, -0.1) is 0 Å². The van der Waals surface area contributed by atoms with Gasteiger partial charge < -0.3 is 9.30 Å². The van der Waals surface area contributed by atoms with E-state index in [9.17, 15) is 22.0 Å². The Morgan fingerprint density at radius 3 is 2.40 bits per heavy atom. The Balaban J connectivity index is 1.76. The molecule has 0 saturated heterocycles. The van der Waals surface area contributed by atoms with Crippen LogP contribution in [0.4, 0.5) is 8.78 Å². The van der Waals surface area contributed by atoms with Gasteiger partial charge in [-0.05, 0) is 43.7 Å². The summed E-state index contributed by atoms with van der Waals surface area (Å²) in [5.41, 5.74) is 2.49. The predicted octanol–water partition coefficient (Wildman–Crippen LogP) is 3.44. The summed E-state index contributed by atoms with van der Waals surface area (Å²) in [5.74, 6) is -2.70. The summed E-state index contributed by atoms with van der Waals surface area (Å²) in [5, 5.41) is 5.10. The highest BCUT2D eigenvalue weighted by Crippen LogP contribution is 2.20. The summed E-state index contributed by atoms with van der Waals surface area (Å²) in [6.07, 6.45) is 0. The van der Waals surface area contributed by atoms with Gasteiger partial charge in [0.25, 0.3) is 0 Å². The summed E-state index contributed by atoms with van der Waals surface area (Å²) >= 11 is 0.